The molecule has 1 unspecified atom stereocenters. The quantitative estimate of drug-likeness (QED) is 0.706. The largest absolute Gasteiger partial charge is 0.371 e. The highest BCUT2D eigenvalue weighted by Crippen LogP contribution is 2.08. The SMILES string of the molecule is CCOC(CC)C(=O)CCc1ccccc1. The summed E-state index contributed by atoms with van der Waals surface area (Å²) in [7, 11) is 0. The summed E-state index contributed by atoms with van der Waals surface area (Å²) in [4.78, 5) is 11.8. The molecule has 0 heterocycles. The molecule has 88 valence electrons. The van der Waals surface area contributed by atoms with E-state index in [1.54, 1.807) is 0 Å². The maximum atomic E-state index is 11.8. The van der Waals surface area contributed by atoms with Crippen LogP contribution in [0.5, 0.6) is 0 Å². The molecular weight excluding hydrogens is 200 g/mol. The summed E-state index contributed by atoms with van der Waals surface area (Å²) in [6.07, 6.45) is 1.93. The van der Waals surface area contributed by atoms with Crippen LogP contribution in [0.15, 0.2) is 30.3 Å². The van der Waals surface area contributed by atoms with Crippen molar-refractivity contribution in [1.29, 1.82) is 0 Å². The van der Waals surface area contributed by atoms with E-state index >= 15 is 0 Å². The van der Waals surface area contributed by atoms with Gasteiger partial charge in [0.2, 0.25) is 0 Å². The monoisotopic (exact) mass is 220 g/mol. The molecule has 1 rings (SSSR count). The van der Waals surface area contributed by atoms with Gasteiger partial charge in [-0.25, -0.2) is 0 Å². The third-order valence-electron chi connectivity index (χ3n) is 2.60. The van der Waals surface area contributed by atoms with Gasteiger partial charge >= 0.3 is 0 Å². The molecule has 2 heteroatoms. The van der Waals surface area contributed by atoms with Crippen molar-refractivity contribution in [2.24, 2.45) is 0 Å². The Morgan fingerprint density at radius 3 is 2.50 bits per heavy atom. The minimum atomic E-state index is -0.214. The smallest absolute Gasteiger partial charge is 0.161 e. The minimum Gasteiger partial charge on any atom is -0.371 e. The zero-order chi connectivity index (χ0) is 11.8. The van der Waals surface area contributed by atoms with Crippen molar-refractivity contribution in [3.8, 4) is 0 Å². The van der Waals surface area contributed by atoms with Gasteiger partial charge in [-0.2, -0.15) is 0 Å². The molecule has 1 aromatic carbocycles. The van der Waals surface area contributed by atoms with Crippen LogP contribution in [-0.4, -0.2) is 18.5 Å². The maximum absolute atomic E-state index is 11.8. The fraction of sp³-hybridized carbons (Fsp3) is 0.500. The molecule has 0 aliphatic rings. The predicted octanol–water partition coefficient (Wildman–Crippen LogP) is 3.00. The Morgan fingerprint density at radius 1 is 1.25 bits per heavy atom. The van der Waals surface area contributed by atoms with E-state index in [0.29, 0.717) is 13.0 Å². The van der Waals surface area contributed by atoms with Gasteiger partial charge in [-0.1, -0.05) is 37.3 Å². The molecule has 2 nitrogen and oxygen atoms in total. The molecule has 0 N–H and O–H groups in total. The third kappa shape index (κ3) is 4.15. The van der Waals surface area contributed by atoms with Gasteiger partial charge in [-0.15, -0.1) is 0 Å². The maximum Gasteiger partial charge on any atom is 0.161 e. The summed E-state index contributed by atoms with van der Waals surface area (Å²) >= 11 is 0. The molecule has 0 fully saturated rings. The summed E-state index contributed by atoms with van der Waals surface area (Å²) in [5.74, 6) is 0.216. The highest BCUT2D eigenvalue weighted by Gasteiger charge is 2.15. The van der Waals surface area contributed by atoms with Crippen molar-refractivity contribution in [3.63, 3.8) is 0 Å². The molecule has 1 aromatic rings. The number of ketones is 1. The standard InChI is InChI=1S/C14H20O2/c1-3-14(16-4-2)13(15)11-10-12-8-6-5-7-9-12/h5-9,14H,3-4,10-11H2,1-2H3. The van der Waals surface area contributed by atoms with Crippen LogP contribution < -0.4 is 0 Å². The van der Waals surface area contributed by atoms with E-state index in [9.17, 15) is 4.79 Å². The highest BCUT2D eigenvalue weighted by atomic mass is 16.5. The molecule has 0 bridgehead atoms. The number of hydrogen-bond donors (Lipinski definition) is 0. The number of benzene rings is 1. The summed E-state index contributed by atoms with van der Waals surface area (Å²) in [6, 6.07) is 10.1. The van der Waals surface area contributed by atoms with E-state index in [0.717, 1.165) is 12.8 Å². The van der Waals surface area contributed by atoms with Crippen molar-refractivity contribution in [2.45, 2.75) is 39.2 Å². The van der Waals surface area contributed by atoms with Gasteiger partial charge in [0.25, 0.3) is 0 Å². The van der Waals surface area contributed by atoms with Crippen molar-refractivity contribution in [2.75, 3.05) is 6.61 Å². The van der Waals surface area contributed by atoms with E-state index < -0.39 is 0 Å². The molecule has 0 spiro atoms. The first-order valence-electron chi connectivity index (χ1n) is 5.96. The van der Waals surface area contributed by atoms with E-state index in [2.05, 4.69) is 12.1 Å². The number of carbonyl (C=O) groups excluding carboxylic acids is 1. The van der Waals surface area contributed by atoms with Crippen molar-refractivity contribution >= 4 is 5.78 Å². The molecule has 0 aliphatic carbocycles. The van der Waals surface area contributed by atoms with Crippen LogP contribution >= 0.6 is 0 Å². The Hall–Kier alpha value is -1.15. The lowest BCUT2D eigenvalue weighted by atomic mass is 10.0. The Balaban J connectivity index is 2.40. The fourth-order valence-corrected chi connectivity index (χ4v) is 1.71. The van der Waals surface area contributed by atoms with E-state index in [1.807, 2.05) is 32.0 Å². The topological polar surface area (TPSA) is 26.3 Å². The minimum absolute atomic E-state index is 0.214. The molecule has 0 amide bonds. The average molecular weight is 220 g/mol. The van der Waals surface area contributed by atoms with E-state index in [4.69, 9.17) is 4.74 Å². The number of Topliss-reactive ketones (excluding diaryl/α,β-unsaturated/α-hetero) is 1. The van der Waals surface area contributed by atoms with Gasteiger partial charge < -0.3 is 4.74 Å². The van der Waals surface area contributed by atoms with Crippen LogP contribution in [-0.2, 0) is 16.0 Å². The normalized spacial score (nSPS) is 12.4. The van der Waals surface area contributed by atoms with Crippen LogP contribution in [0.4, 0.5) is 0 Å². The molecule has 0 saturated heterocycles. The average Bonchev–Trinajstić information content (AvgIpc) is 2.34. The fourth-order valence-electron chi connectivity index (χ4n) is 1.71. The zero-order valence-corrected chi connectivity index (χ0v) is 10.1. The summed E-state index contributed by atoms with van der Waals surface area (Å²) < 4.78 is 5.39. The lowest BCUT2D eigenvalue weighted by Gasteiger charge is -2.13. The lowest BCUT2D eigenvalue weighted by Crippen LogP contribution is -2.23. The first-order valence-corrected chi connectivity index (χ1v) is 5.96. The Kier molecular flexibility index (Phi) is 5.79. The lowest BCUT2D eigenvalue weighted by molar-refractivity contribution is -0.130. The number of ether oxygens (including phenoxy) is 1. The van der Waals surface area contributed by atoms with Gasteiger partial charge in [0.15, 0.2) is 5.78 Å². The summed E-state index contributed by atoms with van der Waals surface area (Å²) in [6.45, 7) is 4.52. The second-order valence-electron chi connectivity index (χ2n) is 3.80. The molecule has 16 heavy (non-hydrogen) atoms. The Morgan fingerprint density at radius 2 is 1.94 bits per heavy atom. The van der Waals surface area contributed by atoms with Gasteiger partial charge in [-0.3, -0.25) is 4.79 Å². The first kappa shape index (κ1) is 12.9. The first-order chi connectivity index (χ1) is 7.77. The number of carbonyl (C=O) groups is 1. The van der Waals surface area contributed by atoms with Crippen LogP contribution in [0.3, 0.4) is 0 Å². The molecule has 0 radical (unpaired) electrons. The second kappa shape index (κ2) is 7.18. The van der Waals surface area contributed by atoms with Crippen LogP contribution in [0.25, 0.3) is 0 Å². The summed E-state index contributed by atoms with van der Waals surface area (Å²) in [5, 5.41) is 0. The number of aryl methyl sites for hydroxylation is 1. The van der Waals surface area contributed by atoms with Gasteiger partial charge in [-0.05, 0) is 25.3 Å². The second-order valence-corrected chi connectivity index (χ2v) is 3.80. The van der Waals surface area contributed by atoms with Crippen LogP contribution in [0.2, 0.25) is 0 Å². The van der Waals surface area contributed by atoms with Crippen LogP contribution in [0, 0.1) is 0 Å². The molecule has 1 atom stereocenters. The van der Waals surface area contributed by atoms with E-state index in [-0.39, 0.29) is 11.9 Å². The highest BCUT2D eigenvalue weighted by molar-refractivity contribution is 5.83. The van der Waals surface area contributed by atoms with Gasteiger partial charge in [0.05, 0.1) is 0 Å². The third-order valence-corrected chi connectivity index (χ3v) is 2.60. The molecule has 0 saturated carbocycles. The van der Waals surface area contributed by atoms with Crippen molar-refractivity contribution in [3.05, 3.63) is 35.9 Å². The molecule has 0 aromatic heterocycles. The number of hydrogen-bond acceptors (Lipinski definition) is 2. The molecular formula is C14H20O2. The van der Waals surface area contributed by atoms with Crippen molar-refractivity contribution in [1.82, 2.24) is 0 Å². The van der Waals surface area contributed by atoms with Crippen molar-refractivity contribution < 1.29 is 9.53 Å². The Bertz CT molecular complexity index is 306. The zero-order valence-electron chi connectivity index (χ0n) is 10.1. The van der Waals surface area contributed by atoms with Gasteiger partial charge in [0, 0.05) is 13.0 Å². The molecule has 0 aliphatic heterocycles. The number of rotatable bonds is 7. The van der Waals surface area contributed by atoms with E-state index in [1.165, 1.54) is 5.56 Å². The predicted molar refractivity (Wildman–Crippen MR) is 65.5 cm³/mol. The summed E-state index contributed by atoms with van der Waals surface area (Å²) in [5.41, 5.74) is 1.21. The Labute approximate surface area is 97.6 Å². The van der Waals surface area contributed by atoms with Gasteiger partial charge in [0.1, 0.15) is 6.10 Å². The van der Waals surface area contributed by atoms with Crippen LogP contribution in [0.1, 0.15) is 32.3 Å².